The van der Waals surface area contributed by atoms with Crippen molar-refractivity contribution in [3.05, 3.63) is 93.1 Å². The second-order valence-corrected chi connectivity index (χ2v) is 6.57. The van der Waals surface area contributed by atoms with Gasteiger partial charge in [-0.1, -0.05) is 6.07 Å². The summed E-state index contributed by atoms with van der Waals surface area (Å²) in [5, 5.41) is 23.1. The molecule has 0 spiro atoms. The van der Waals surface area contributed by atoms with Crippen molar-refractivity contribution in [1.29, 1.82) is 5.26 Å². The van der Waals surface area contributed by atoms with Crippen LogP contribution < -0.4 is 5.32 Å². The van der Waals surface area contributed by atoms with Gasteiger partial charge in [-0.2, -0.15) is 5.26 Å². The molecule has 1 heterocycles. The molecule has 1 aromatic heterocycles. The summed E-state index contributed by atoms with van der Waals surface area (Å²) in [6.07, 6.45) is 1.45. The molecular weight excluding hydrogens is 387 g/mol. The van der Waals surface area contributed by atoms with Gasteiger partial charge >= 0.3 is 0 Å². The van der Waals surface area contributed by atoms with Crippen molar-refractivity contribution in [3.63, 3.8) is 0 Å². The summed E-state index contributed by atoms with van der Waals surface area (Å²) in [6, 6.07) is 15.1. The van der Waals surface area contributed by atoms with Crippen LogP contribution >= 0.6 is 0 Å². The van der Waals surface area contributed by atoms with Crippen LogP contribution in [0, 0.1) is 41.1 Å². The lowest BCUT2D eigenvalue weighted by Gasteiger charge is -2.09. The highest BCUT2D eigenvalue weighted by Gasteiger charge is 2.15. The fraction of sp³-hybridized carbons (Fsp3) is 0.0909. The number of hydrogen-bond donors (Lipinski definition) is 1. The van der Waals surface area contributed by atoms with E-state index < -0.39 is 16.6 Å². The molecule has 0 unspecified atom stereocenters. The number of carbonyl (C=O) groups excluding carboxylic acids is 1. The fourth-order valence-electron chi connectivity index (χ4n) is 3.11. The molecule has 7 nitrogen and oxygen atoms in total. The van der Waals surface area contributed by atoms with E-state index in [4.69, 9.17) is 0 Å². The second-order valence-electron chi connectivity index (χ2n) is 6.57. The van der Waals surface area contributed by atoms with E-state index in [1.807, 2.05) is 17.6 Å². The number of nitrogens with one attached hydrogen (secondary N) is 1. The number of benzene rings is 2. The number of nitriles is 1. The fourth-order valence-corrected chi connectivity index (χ4v) is 3.11. The molecule has 0 fully saturated rings. The summed E-state index contributed by atoms with van der Waals surface area (Å²) in [6.45, 7) is 3.62. The van der Waals surface area contributed by atoms with Crippen molar-refractivity contribution < 1.29 is 14.1 Å². The molecule has 0 radical (unpaired) electrons. The number of amides is 1. The third kappa shape index (κ3) is 4.25. The van der Waals surface area contributed by atoms with Crippen LogP contribution in [0.15, 0.2) is 60.2 Å². The van der Waals surface area contributed by atoms with Crippen molar-refractivity contribution in [2.45, 2.75) is 13.8 Å². The number of aromatic nitrogens is 1. The van der Waals surface area contributed by atoms with Crippen molar-refractivity contribution >= 4 is 23.4 Å². The quantitative estimate of drug-likeness (QED) is 0.289. The van der Waals surface area contributed by atoms with Crippen molar-refractivity contribution in [3.8, 4) is 11.8 Å². The number of anilines is 1. The van der Waals surface area contributed by atoms with E-state index in [1.54, 1.807) is 25.1 Å². The van der Waals surface area contributed by atoms with Crippen LogP contribution in [0.5, 0.6) is 0 Å². The number of carbonyl (C=O) groups is 1. The van der Waals surface area contributed by atoms with Gasteiger partial charge in [-0.15, -0.1) is 0 Å². The van der Waals surface area contributed by atoms with E-state index in [1.165, 1.54) is 42.5 Å². The lowest BCUT2D eigenvalue weighted by atomic mass is 10.1. The normalized spacial score (nSPS) is 11.1. The number of aryl methyl sites for hydroxylation is 1. The van der Waals surface area contributed by atoms with Crippen LogP contribution in [-0.2, 0) is 4.79 Å². The minimum atomic E-state index is -0.621. The van der Waals surface area contributed by atoms with E-state index in [0.29, 0.717) is 16.9 Å². The number of nitrogens with zero attached hydrogens (tertiary/aromatic N) is 3. The molecule has 0 atom stereocenters. The van der Waals surface area contributed by atoms with E-state index in [-0.39, 0.29) is 11.3 Å². The molecule has 3 aromatic rings. The van der Waals surface area contributed by atoms with E-state index in [0.717, 1.165) is 11.4 Å². The number of non-ortho nitro benzene ring substituents is 1. The van der Waals surface area contributed by atoms with Crippen molar-refractivity contribution in [1.82, 2.24) is 4.57 Å². The van der Waals surface area contributed by atoms with Gasteiger partial charge in [0, 0.05) is 29.2 Å². The summed E-state index contributed by atoms with van der Waals surface area (Å²) in [7, 11) is 0. The van der Waals surface area contributed by atoms with E-state index in [9.17, 15) is 24.6 Å². The average Bonchev–Trinajstić information content (AvgIpc) is 3.00. The minimum absolute atomic E-state index is 0.0338. The first kappa shape index (κ1) is 20.5. The van der Waals surface area contributed by atoms with Crippen molar-refractivity contribution in [2.24, 2.45) is 0 Å². The van der Waals surface area contributed by atoms with Gasteiger partial charge in [-0.25, -0.2) is 4.39 Å². The van der Waals surface area contributed by atoms with Crippen LogP contribution in [-0.4, -0.2) is 15.4 Å². The monoisotopic (exact) mass is 404 g/mol. The molecule has 0 aliphatic carbocycles. The maximum atomic E-state index is 13.0. The highest BCUT2D eigenvalue weighted by atomic mass is 19.1. The lowest BCUT2D eigenvalue weighted by molar-refractivity contribution is -0.384. The van der Waals surface area contributed by atoms with Crippen LogP contribution in [0.2, 0.25) is 0 Å². The summed E-state index contributed by atoms with van der Waals surface area (Å²) < 4.78 is 14.8. The predicted molar refractivity (Wildman–Crippen MR) is 111 cm³/mol. The first-order valence-corrected chi connectivity index (χ1v) is 8.92. The third-order valence-electron chi connectivity index (χ3n) is 4.54. The summed E-state index contributed by atoms with van der Waals surface area (Å²) in [4.78, 5) is 23.1. The van der Waals surface area contributed by atoms with Crippen LogP contribution in [0.1, 0.15) is 17.0 Å². The zero-order valence-corrected chi connectivity index (χ0v) is 16.2. The Hall–Kier alpha value is -4.25. The van der Waals surface area contributed by atoms with Crippen LogP contribution in [0.25, 0.3) is 11.8 Å². The molecule has 0 bridgehead atoms. The molecule has 1 amide bonds. The molecular formula is C22H17FN4O3. The predicted octanol–water partition coefficient (Wildman–Crippen LogP) is 4.69. The van der Waals surface area contributed by atoms with Crippen molar-refractivity contribution in [2.75, 3.05) is 5.32 Å². The Morgan fingerprint density at radius 2 is 1.90 bits per heavy atom. The second kappa shape index (κ2) is 8.41. The van der Waals surface area contributed by atoms with E-state index >= 15 is 0 Å². The highest BCUT2D eigenvalue weighted by molar-refractivity contribution is 6.09. The molecule has 0 aliphatic rings. The maximum absolute atomic E-state index is 13.0. The van der Waals surface area contributed by atoms with Gasteiger partial charge in [0.2, 0.25) is 0 Å². The maximum Gasteiger partial charge on any atom is 0.271 e. The minimum Gasteiger partial charge on any atom is -0.321 e. The largest absolute Gasteiger partial charge is 0.321 e. The van der Waals surface area contributed by atoms with Gasteiger partial charge in [-0.3, -0.25) is 14.9 Å². The first-order chi connectivity index (χ1) is 14.3. The molecule has 0 saturated heterocycles. The number of nitro benzene ring substituents is 1. The Bertz CT molecular complexity index is 1200. The number of halogens is 1. The molecule has 1 N–H and O–H groups in total. The zero-order valence-electron chi connectivity index (χ0n) is 16.2. The Morgan fingerprint density at radius 3 is 2.53 bits per heavy atom. The Balaban J connectivity index is 1.94. The first-order valence-electron chi connectivity index (χ1n) is 8.92. The van der Waals surface area contributed by atoms with Gasteiger partial charge in [0.1, 0.15) is 17.5 Å². The van der Waals surface area contributed by atoms with E-state index in [2.05, 4.69) is 5.32 Å². The SMILES string of the molecule is Cc1cc(/C=C(\C#N)C(=O)Nc2ccc(F)cc2)c(C)n1-c1cccc([N+](=O)[O-])c1. The molecule has 2 aromatic carbocycles. The van der Waals surface area contributed by atoms with Gasteiger partial charge in [0.25, 0.3) is 11.6 Å². The summed E-state index contributed by atoms with van der Waals surface area (Å²) >= 11 is 0. The number of hydrogen-bond acceptors (Lipinski definition) is 4. The molecule has 3 rings (SSSR count). The molecule has 8 heteroatoms. The number of rotatable bonds is 5. The Labute approximate surface area is 171 Å². The molecule has 0 saturated carbocycles. The standard InChI is InChI=1S/C22H17FN4O3/c1-14-10-16(15(2)26(14)20-4-3-5-21(12-20)27(29)30)11-17(13-24)22(28)25-19-8-6-18(23)7-9-19/h3-12H,1-2H3,(H,25,28)/b17-11+. The third-order valence-corrected chi connectivity index (χ3v) is 4.54. The van der Waals surface area contributed by atoms with Gasteiger partial charge < -0.3 is 9.88 Å². The highest BCUT2D eigenvalue weighted by Crippen LogP contribution is 2.25. The van der Waals surface area contributed by atoms with Crippen LogP contribution in [0.4, 0.5) is 15.8 Å². The summed E-state index contributed by atoms with van der Waals surface area (Å²) in [5.74, 6) is -1.05. The van der Waals surface area contributed by atoms with Gasteiger partial charge in [-0.05, 0) is 61.9 Å². The zero-order chi connectivity index (χ0) is 21.8. The summed E-state index contributed by atoms with van der Waals surface area (Å²) in [5.41, 5.74) is 2.94. The molecule has 0 aliphatic heterocycles. The lowest BCUT2D eigenvalue weighted by Crippen LogP contribution is -2.13. The van der Waals surface area contributed by atoms with Crippen LogP contribution in [0.3, 0.4) is 0 Å². The molecule has 30 heavy (non-hydrogen) atoms. The molecule has 150 valence electrons. The number of nitro groups is 1. The average molecular weight is 404 g/mol. The van der Waals surface area contributed by atoms with Gasteiger partial charge in [0.05, 0.1) is 10.6 Å². The Morgan fingerprint density at radius 1 is 1.20 bits per heavy atom. The smallest absolute Gasteiger partial charge is 0.271 e. The Kier molecular flexibility index (Phi) is 5.74. The van der Waals surface area contributed by atoms with Gasteiger partial charge in [0.15, 0.2) is 0 Å². The topological polar surface area (TPSA) is 101 Å².